The number of carboxylic acids is 2. The molecule has 4 N–H and O–H groups in total. The van der Waals surface area contributed by atoms with Crippen molar-refractivity contribution in [3.05, 3.63) is 0 Å². The molecule has 0 unspecified atom stereocenters. The normalized spacial score (nSPS) is 13.2. The molecule has 4 radical (unpaired) electrons. The fraction of sp³-hybridized carbons (Fsp3) is 0.500. The molecule has 64 valence electrons. The summed E-state index contributed by atoms with van der Waals surface area (Å²) >= 11 is 0. The van der Waals surface area contributed by atoms with Crippen molar-refractivity contribution in [2.75, 3.05) is 0 Å². The first kappa shape index (κ1) is 19.0. The molecular formula is C4H6KO6Sb. The van der Waals surface area contributed by atoms with Gasteiger partial charge in [-0.1, -0.05) is 0 Å². The van der Waals surface area contributed by atoms with Gasteiger partial charge in [0.2, 0.25) is 0 Å². The summed E-state index contributed by atoms with van der Waals surface area (Å²) < 4.78 is 0. The number of aliphatic carboxylic acids is 2. The van der Waals surface area contributed by atoms with Gasteiger partial charge in [-0.25, -0.2) is 9.59 Å². The van der Waals surface area contributed by atoms with Gasteiger partial charge in [-0.15, -0.1) is 0 Å². The average molecular weight is 311 g/mol. The van der Waals surface area contributed by atoms with Crippen LogP contribution in [0.5, 0.6) is 0 Å². The Kier molecular flexibility index (Phi) is 14.1. The third kappa shape index (κ3) is 6.79. The van der Waals surface area contributed by atoms with Gasteiger partial charge in [0.05, 0.1) is 0 Å². The number of hydrogen-bond donors (Lipinski definition) is 4. The summed E-state index contributed by atoms with van der Waals surface area (Å²) in [5.74, 6) is -3.54. The van der Waals surface area contributed by atoms with Crippen LogP contribution in [0.25, 0.3) is 0 Å². The van der Waals surface area contributed by atoms with Gasteiger partial charge >= 0.3 is 11.9 Å². The van der Waals surface area contributed by atoms with E-state index in [0.717, 1.165) is 0 Å². The van der Waals surface area contributed by atoms with Gasteiger partial charge in [0.15, 0.2) is 12.2 Å². The first-order valence-corrected chi connectivity index (χ1v) is 2.28. The molecule has 0 aliphatic carbocycles. The molecule has 0 heterocycles. The smallest absolute Gasteiger partial charge is 0.335 e. The van der Waals surface area contributed by atoms with E-state index in [2.05, 4.69) is 0 Å². The zero-order valence-electron chi connectivity index (χ0n) is 6.21. The minimum Gasteiger partial charge on any atom is -0.479 e. The van der Waals surface area contributed by atoms with Crippen molar-refractivity contribution in [1.82, 2.24) is 0 Å². The van der Waals surface area contributed by atoms with Gasteiger partial charge in [0.1, 0.15) is 0 Å². The third-order valence-corrected chi connectivity index (χ3v) is 0.805. The van der Waals surface area contributed by atoms with Crippen LogP contribution in [0.2, 0.25) is 0 Å². The Labute approximate surface area is 128 Å². The molecule has 12 heavy (non-hydrogen) atoms. The van der Waals surface area contributed by atoms with E-state index in [1.807, 2.05) is 0 Å². The first-order valence-electron chi connectivity index (χ1n) is 2.28. The maximum absolute atomic E-state index is 9.77. The van der Waals surface area contributed by atoms with E-state index < -0.39 is 24.1 Å². The Morgan fingerprint density at radius 2 is 1.08 bits per heavy atom. The third-order valence-electron chi connectivity index (χ3n) is 0.805. The van der Waals surface area contributed by atoms with Crippen LogP contribution < -0.4 is 0 Å². The second-order valence-electron chi connectivity index (χ2n) is 1.57. The Morgan fingerprint density at radius 3 is 1.17 bits per heavy atom. The zero-order valence-corrected chi connectivity index (χ0v) is 11.9. The monoisotopic (exact) mass is 310 g/mol. The minimum absolute atomic E-state index is 0. The van der Waals surface area contributed by atoms with Gasteiger partial charge in [0.25, 0.3) is 0 Å². The van der Waals surface area contributed by atoms with Crippen LogP contribution in [0.15, 0.2) is 0 Å². The number of carbonyl (C=O) groups is 2. The fourth-order valence-electron chi connectivity index (χ4n) is 0.270. The van der Waals surface area contributed by atoms with E-state index in [1.165, 1.54) is 0 Å². The predicted molar refractivity (Wildman–Crippen MR) is 38.8 cm³/mol. The van der Waals surface area contributed by atoms with Crippen molar-refractivity contribution in [3.63, 3.8) is 0 Å². The Balaban J connectivity index is -0.000000405. The van der Waals surface area contributed by atoms with Crippen molar-refractivity contribution in [3.8, 4) is 0 Å². The van der Waals surface area contributed by atoms with E-state index >= 15 is 0 Å². The standard InChI is InChI=1S/C4H6O6.K.Sb/c5-1(3(7)8)2(6)4(9)10;;/h1-2,5-6H,(H,7,8)(H,9,10);;/t1-,2-;;/m1../s1. The number of aliphatic hydroxyl groups excluding tert-OH is 2. The quantitative estimate of drug-likeness (QED) is 0.416. The van der Waals surface area contributed by atoms with Gasteiger partial charge in [-0.3, -0.25) is 0 Å². The average Bonchev–Trinajstić information content (AvgIpc) is 1.84. The van der Waals surface area contributed by atoms with Crippen LogP contribution >= 0.6 is 0 Å². The number of rotatable bonds is 3. The molecule has 8 heteroatoms. The van der Waals surface area contributed by atoms with Gasteiger partial charge in [-0.2, -0.15) is 0 Å². The topological polar surface area (TPSA) is 115 Å². The number of hydrogen-bond acceptors (Lipinski definition) is 4. The molecule has 0 aliphatic rings. The summed E-state index contributed by atoms with van der Waals surface area (Å²) in [6.45, 7) is 0. The Hall–Kier alpha value is 1.31. The molecule has 0 aromatic heterocycles. The minimum atomic E-state index is -2.27. The van der Waals surface area contributed by atoms with E-state index in [-0.39, 0.29) is 75.8 Å². The Bertz CT molecular complexity index is 144. The number of carboxylic acid groups (broad SMARTS) is 2. The van der Waals surface area contributed by atoms with Crippen molar-refractivity contribution in [1.29, 1.82) is 0 Å². The maximum Gasteiger partial charge on any atom is 0.335 e. The first-order chi connectivity index (χ1) is 4.46. The van der Waals surface area contributed by atoms with Gasteiger partial charge in [-0.05, 0) is 0 Å². The summed E-state index contributed by atoms with van der Waals surface area (Å²) in [5, 5.41) is 32.5. The molecule has 0 aromatic carbocycles. The van der Waals surface area contributed by atoms with Crippen LogP contribution in [0, 0.1) is 0 Å². The molecule has 6 nitrogen and oxygen atoms in total. The summed E-state index contributed by atoms with van der Waals surface area (Å²) in [5.41, 5.74) is 0. The second-order valence-corrected chi connectivity index (χ2v) is 1.57. The van der Waals surface area contributed by atoms with E-state index in [0.29, 0.717) is 0 Å². The molecule has 0 saturated carbocycles. The van der Waals surface area contributed by atoms with E-state index in [9.17, 15) is 9.59 Å². The van der Waals surface area contributed by atoms with Crippen LogP contribution in [0.3, 0.4) is 0 Å². The van der Waals surface area contributed by atoms with Crippen molar-refractivity contribution in [2.45, 2.75) is 12.2 Å². The summed E-state index contributed by atoms with van der Waals surface area (Å²) in [6, 6.07) is 0. The second kappa shape index (κ2) is 8.89. The largest absolute Gasteiger partial charge is 0.479 e. The van der Waals surface area contributed by atoms with Crippen molar-refractivity contribution >= 4 is 87.8 Å². The molecule has 0 bridgehead atoms. The molecule has 0 aromatic rings. The SMILES string of the molecule is O=C(O)[C@H](O)[C@@H](O)C(=O)O.[K].[Sb]. The predicted octanol–water partition coefficient (Wildman–Crippen LogP) is -2.88. The molecule has 0 fully saturated rings. The molecule has 0 rings (SSSR count). The molecule has 2 atom stereocenters. The molecule has 0 spiro atoms. The molecular weight excluding hydrogens is 305 g/mol. The number of aliphatic hydroxyl groups is 2. The fourth-order valence-corrected chi connectivity index (χ4v) is 0.270. The molecule has 0 saturated heterocycles. The zero-order chi connectivity index (χ0) is 8.31. The van der Waals surface area contributed by atoms with Crippen LogP contribution in [0.4, 0.5) is 0 Å². The summed E-state index contributed by atoms with van der Waals surface area (Å²) in [6.07, 6.45) is -4.53. The summed E-state index contributed by atoms with van der Waals surface area (Å²) in [4.78, 5) is 19.5. The van der Waals surface area contributed by atoms with Crippen LogP contribution in [-0.2, 0) is 9.59 Å². The maximum atomic E-state index is 9.77. The van der Waals surface area contributed by atoms with Crippen molar-refractivity contribution in [2.24, 2.45) is 0 Å². The Morgan fingerprint density at radius 1 is 0.917 bits per heavy atom. The van der Waals surface area contributed by atoms with Gasteiger partial charge < -0.3 is 20.4 Å². The van der Waals surface area contributed by atoms with Crippen molar-refractivity contribution < 1.29 is 30.0 Å². The van der Waals surface area contributed by atoms with Gasteiger partial charge in [0, 0.05) is 75.8 Å². The molecule has 0 amide bonds. The summed E-state index contributed by atoms with van der Waals surface area (Å²) in [7, 11) is 0. The van der Waals surface area contributed by atoms with Crippen LogP contribution in [0.1, 0.15) is 0 Å². The van der Waals surface area contributed by atoms with E-state index in [4.69, 9.17) is 20.4 Å². The van der Waals surface area contributed by atoms with E-state index in [1.54, 1.807) is 0 Å². The molecule has 0 aliphatic heterocycles. The van der Waals surface area contributed by atoms with Crippen LogP contribution in [-0.4, -0.2) is 120 Å².